The van der Waals surface area contributed by atoms with Crippen LogP contribution in [-0.4, -0.2) is 59.7 Å². The molecule has 0 spiro atoms. The number of aromatic nitrogens is 2. The zero-order valence-electron chi connectivity index (χ0n) is 19.4. The van der Waals surface area contributed by atoms with E-state index in [0.717, 1.165) is 25.1 Å². The van der Waals surface area contributed by atoms with Crippen LogP contribution in [0.25, 0.3) is 11.4 Å². The van der Waals surface area contributed by atoms with Crippen LogP contribution in [-0.2, 0) is 0 Å². The summed E-state index contributed by atoms with van der Waals surface area (Å²) in [5, 5.41) is 6.96. The summed E-state index contributed by atoms with van der Waals surface area (Å²) in [6.07, 6.45) is 11.3. The van der Waals surface area contributed by atoms with Crippen LogP contribution in [0.3, 0.4) is 0 Å². The second-order valence-electron chi connectivity index (χ2n) is 9.22. The van der Waals surface area contributed by atoms with Gasteiger partial charge in [-0.15, -0.1) is 0 Å². The second kappa shape index (κ2) is 11.5. The van der Waals surface area contributed by atoms with Crippen LogP contribution in [0.4, 0.5) is 5.69 Å². The Morgan fingerprint density at radius 2 is 1.59 bits per heavy atom. The molecule has 2 aliphatic heterocycles. The van der Waals surface area contributed by atoms with E-state index in [9.17, 15) is 4.79 Å². The average Bonchev–Trinajstić information content (AvgIpc) is 2.99. The number of carbonyl (C=O) groups is 1. The summed E-state index contributed by atoms with van der Waals surface area (Å²) >= 11 is 0. The zero-order chi connectivity index (χ0) is 22.2. The maximum Gasteiger partial charge on any atom is 0.316 e. The number of hydrogen-bond acceptors (Lipinski definition) is 6. The largest absolute Gasteiger partial charge is 0.372 e. The van der Waals surface area contributed by atoms with Crippen molar-refractivity contribution in [1.82, 2.24) is 20.4 Å². The van der Waals surface area contributed by atoms with E-state index in [-0.39, 0.29) is 11.8 Å². The molecule has 32 heavy (non-hydrogen) atoms. The van der Waals surface area contributed by atoms with Crippen molar-refractivity contribution in [2.75, 3.05) is 37.6 Å². The first-order valence-electron chi connectivity index (χ1n) is 12.4. The quantitative estimate of drug-likeness (QED) is 0.685. The molecule has 1 N–H and O–H groups in total. The summed E-state index contributed by atoms with van der Waals surface area (Å²) in [5.41, 5.74) is 2.09. The summed E-state index contributed by atoms with van der Waals surface area (Å²) in [5.74, 6) is 0.183. The molecule has 1 unspecified atom stereocenters. The molecule has 3 heterocycles. The Labute approximate surface area is 191 Å². The van der Waals surface area contributed by atoms with Crippen molar-refractivity contribution in [3.05, 3.63) is 30.2 Å². The summed E-state index contributed by atoms with van der Waals surface area (Å²) in [4.78, 5) is 21.8. The van der Waals surface area contributed by atoms with E-state index in [1.807, 2.05) is 12.1 Å². The standard InChI is InChI=1S/C25H37N5O2/c1-20(29-16-6-2-3-7-17-29)14-15-26-24(31)25-27-23(28-32-25)21-10-12-22(13-11-21)30-18-8-4-5-9-19-30/h10-13,20H,2-9,14-19H2,1H3,(H,26,31). The van der Waals surface area contributed by atoms with E-state index in [2.05, 4.69) is 44.3 Å². The monoisotopic (exact) mass is 439 g/mol. The van der Waals surface area contributed by atoms with Gasteiger partial charge in [-0.3, -0.25) is 4.79 Å². The molecular weight excluding hydrogens is 402 g/mol. The Bertz CT molecular complexity index is 834. The molecule has 1 amide bonds. The third-order valence-electron chi connectivity index (χ3n) is 6.83. The molecule has 2 aromatic rings. The van der Waals surface area contributed by atoms with Crippen molar-refractivity contribution in [1.29, 1.82) is 0 Å². The molecule has 4 rings (SSSR count). The van der Waals surface area contributed by atoms with Crippen molar-refractivity contribution >= 4 is 11.6 Å². The lowest BCUT2D eigenvalue weighted by molar-refractivity contribution is 0.0904. The van der Waals surface area contributed by atoms with Gasteiger partial charge >= 0.3 is 11.8 Å². The molecule has 1 atom stereocenters. The van der Waals surface area contributed by atoms with Gasteiger partial charge in [0, 0.05) is 36.9 Å². The molecule has 2 saturated heterocycles. The molecule has 0 saturated carbocycles. The minimum Gasteiger partial charge on any atom is -0.372 e. The van der Waals surface area contributed by atoms with Crippen molar-refractivity contribution in [2.24, 2.45) is 0 Å². The minimum atomic E-state index is -0.298. The lowest BCUT2D eigenvalue weighted by Crippen LogP contribution is -2.37. The van der Waals surface area contributed by atoms with Gasteiger partial charge in [-0.05, 0) is 76.4 Å². The van der Waals surface area contributed by atoms with Crippen LogP contribution in [0.1, 0.15) is 75.4 Å². The molecule has 1 aromatic carbocycles. The minimum absolute atomic E-state index is 0.0269. The van der Waals surface area contributed by atoms with E-state index in [4.69, 9.17) is 4.52 Å². The number of likely N-dealkylation sites (tertiary alicyclic amines) is 1. The Hall–Kier alpha value is -2.41. The van der Waals surface area contributed by atoms with Gasteiger partial charge in [0.2, 0.25) is 5.82 Å². The fourth-order valence-corrected chi connectivity index (χ4v) is 4.77. The third kappa shape index (κ3) is 6.09. The smallest absolute Gasteiger partial charge is 0.316 e. The van der Waals surface area contributed by atoms with Crippen LogP contribution in [0, 0.1) is 0 Å². The van der Waals surface area contributed by atoms with E-state index in [1.54, 1.807) is 0 Å². The molecule has 0 bridgehead atoms. The topological polar surface area (TPSA) is 74.5 Å². The van der Waals surface area contributed by atoms with E-state index in [0.29, 0.717) is 18.4 Å². The summed E-state index contributed by atoms with van der Waals surface area (Å²) in [6, 6.07) is 8.71. The molecule has 2 aliphatic rings. The lowest BCUT2D eigenvalue weighted by atomic mass is 10.2. The van der Waals surface area contributed by atoms with E-state index in [1.165, 1.54) is 70.1 Å². The lowest BCUT2D eigenvalue weighted by Gasteiger charge is -2.27. The third-order valence-corrected chi connectivity index (χ3v) is 6.83. The molecule has 2 fully saturated rings. The number of anilines is 1. The zero-order valence-corrected chi connectivity index (χ0v) is 19.4. The van der Waals surface area contributed by atoms with Crippen LogP contribution in [0.5, 0.6) is 0 Å². The first-order valence-corrected chi connectivity index (χ1v) is 12.4. The van der Waals surface area contributed by atoms with Crippen molar-refractivity contribution in [2.45, 2.75) is 70.8 Å². The average molecular weight is 440 g/mol. The van der Waals surface area contributed by atoms with Gasteiger partial charge in [-0.1, -0.05) is 30.8 Å². The van der Waals surface area contributed by atoms with Gasteiger partial charge in [0.25, 0.3) is 0 Å². The van der Waals surface area contributed by atoms with Crippen LogP contribution in [0.15, 0.2) is 28.8 Å². The fraction of sp³-hybridized carbons (Fsp3) is 0.640. The molecule has 1 aromatic heterocycles. The van der Waals surface area contributed by atoms with Crippen LogP contribution >= 0.6 is 0 Å². The summed E-state index contributed by atoms with van der Waals surface area (Å²) in [6.45, 7) is 7.41. The maximum atomic E-state index is 12.5. The van der Waals surface area contributed by atoms with E-state index < -0.39 is 0 Å². The van der Waals surface area contributed by atoms with Crippen molar-refractivity contribution in [3.63, 3.8) is 0 Å². The highest BCUT2D eigenvalue weighted by atomic mass is 16.5. The highest BCUT2D eigenvalue weighted by Gasteiger charge is 2.19. The Kier molecular flexibility index (Phi) is 8.15. The van der Waals surface area contributed by atoms with Gasteiger partial charge in [0.1, 0.15) is 0 Å². The molecule has 7 nitrogen and oxygen atoms in total. The maximum absolute atomic E-state index is 12.5. The van der Waals surface area contributed by atoms with E-state index >= 15 is 0 Å². The van der Waals surface area contributed by atoms with Gasteiger partial charge < -0.3 is 19.6 Å². The molecule has 7 heteroatoms. The molecule has 0 aliphatic carbocycles. The summed E-state index contributed by atoms with van der Waals surface area (Å²) in [7, 11) is 0. The number of rotatable bonds is 7. The number of benzene rings is 1. The number of nitrogens with one attached hydrogen (secondary N) is 1. The van der Waals surface area contributed by atoms with Crippen molar-refractivity contribution < 1.29 is 9.32 Å². The number of carbonyl (C=O) groups excluding carboxylic acids is 1. The number of nitrogens with zero attached hydrogens (tertiary/aromatic N) is 4. The van der Waals surface area contributed by atoms with Crippen LogP contribution in [0.2, 0.25) is 0 Å². The highest BCUT2D eigenvalue weighted by Crippen LogP contribution is 2.23. The second-order valence-corrected chi connectivity index (χ2v) is 9.22. The Morgan fingerprint density at radius 1 is 0.969 bits per heavy atom. The SMILES string of the molecule is CC(CCNC(=O)c1nc(-c2ccc(N3CCCCCC3)cc2)no1)N1CCCCCC1. The molecule has 174 valence electrons. The first-order chi connectivity index (χ1) is 15.7. The predicted molar refractivity (Wildman–Crippen MR) is 127 cm³/mol. The van der Waals surface area contributed by atoms with Gasteiger partial charge in [0.05, 0.1) is 0 Å². The summed E-state index contributed by atoms with van der Waals surface area (Å²) < 4.78 is 5.24. The fourth-order valence-electron chi connectivity index (χ4n) is 4.77. The normalized spacial score (nSPS) is 19.2. The molecule has 0 radical (unpaired) electrons. The number of hydrogen-bond donors (Lipinski definition) is 1. The Morgan fingerprint density at radius 3 is 2.25 bits per heavy atom. The predicted octanol–water partition coefficient (Wildman–Crippen LogP) is 4.50. The van der Waals surface area contributed by atoms with Gasteiger partial charge in [-0.2, -0.15) is 4.98 Å². The molecular formula is C25H37N5O2. The van der Waals surface area contributed by atoms with Gasteiger partial charge in [-0.25, -0.2) is 0 Å². The Balaban J connectivity index is 1.27. The first kappa shape index (κ1) is 22.8. The van der Waals surface area contributed by atoms with Crippen molar-refractivity contribution in [3.8, 4) is 11.4 Å². The number of amides is 1. The highest BCUT2D eigenvalue weighted by molar-refractivity contribution is 5.89. The van der Waals surface area contributed by atoms with Gasteiger partial charge in [0.15, 0.2) is 0 Å². The van der Waals surface area contributed by atoms with Crippen LogP contribution < -0.4 is 10.2 Å².